The molecule has 0 radical (unpaired) electrons. The molecular weight excluding hydrogens is 254 g/mol. The van der Waals surface area contributed by atoms with Crippen LogP contribution >= 0.6 is 0 Å². The smallest absolute Gasteiger partial charge is 0.272 e. The Morgan fingerprint density at radius 3 is 3.00 bits per heavy atom. The van der Waals surface area contributed by atoms with E-state index in [0.29, 0.717) is 17.9 Å². The van der Waals surface area contributed by atoms with E-state index in [9.17, 15) is 4.79 Å². The molecule has 0 spiro atoms. The molecule has 0 aliphatic carbocycles. The highest BCUT2D eigenvalue weighted by Gasteiger charge is 2.15. The molecule has 1 aromatic carbocycles. The number of hydrogen-bond acceptors (Lipinski definition) is 4. The number of nitrogen functional groups attached to an aromatic ring is 1. The van der Waals surface area contributed by atoms with Crippen molar-refractivity contribution in [2.75, 3.05) is 31.9 Å². The summed E-state index contributed by atoms with van der Waals surface area (Å²) >= 11 is 0. The molecule has 4 N–H and O–H groups in total. The van der Waals surface area contributed by atoms with Crippen LogP contribution in [-0.2, 0) is 0 Å². The van der Waals surface area contributed by atoms with Gasteiger partial charge in [0.05, 0.1) is 5.52 Å². The topological polar surface area (TPSA) is 87.0 Å². The van der Waals surface area contributed by atoms with Crippen LogP contribution in [0, 0.1) is 0 Å². The lowest BCUT2D eigenvalue weighted by Crippen LogP contribution is -2.33. The second-order valence-electron chi connectivity index (χ2n) is 5.18. The summed E-state index contributed by atoms with van der Waals surface area (Å²) in [4.78, 5) is 14.5. The third-order valence-corrected chi connectivity index (χ3v) is 3.71. The van der Waals surface area contributed by atoms with E-state index in [4.69, 9.17) is 5.73 Å². The molecule has 1 fully saturated rings. The molecule has 6 nitrogen and oxygen atoms in total. The number of fused-ring (bicyclic) bond motifs is 1. The van der Waals surface area contributed by atoms with E-state index < -0.39 is 0 Å². The van der Waals surface area contributed by atoms with Crippen molar-refractivity contribution < 1.29 is 4.79 Å². The molecule has 2 heterocycles. The van der Waals surface area contributed by atoms with Crippen molar-refractivity contribution >= 4 is 22.5 Å². The third-order valence-electron chi connectivity index (χ3n) is 3.71. The number of nitrogens with one attached hydrogen (secondary N) is 2. The lowest BCUT2D eigenvalue weighted by atomic mass is 10.2. The number of nitrogens with zero attached hydrogens (tertiary/aromatic N) is 2. The van der Waals surface area contributed by atoms with Crippen LogP contribution in [0.4, 0.5) is 5.69 Å². The number of carbonyl (C=O) groups excluding carboxylic acids is 1. The van der Waals surface area contributed by atoms with Crippen LogP contribution in [0.2, 0.25) is 0 Å². The minimum atomic E-state index is -0.152. The highest BCUT2D eigenvalue weighted by molar-refractivity contribution is 6.05. The van der Waals surface area contributed by atoms with E-state index in [0.717, 1.165) is 30.5 Å². The van der Waals surface area contributed by atoms with Crippen molar-refractivity contribution in [3.05, 3.63) is 23.9 Å². The predicted octanol–water partition coefficient (Wildman–Crippen LogP) is 0.971. The van der Waals surface area contributed by atoms with Gasteiger partial charge in [-0.05, 0) is 44.1 Å². The van der Waals surface area contributed by atoms with Gasteiger partial charge in [0, 0.05) is 24.2 Å². The van der Waals surface area contributed by atoms with Gasteiger partial charge in [-0.25, -0.2) is 0 Å². The minimum Gasteiger partial charge on any atom is -0.399 e. The van der Waals surface area contributed by atoms with Crippen LogP contribution < -0.4 is 11.1 Å². The molecule has 1 aliphatic rings. The van der Waals surface area contributed by atoms with Crippen molar-refractivity contribution in [1.82, 2.24) is 20.4 Å². The van der Waals surface area contributed by atoms with Crippen LogP contribution in [0.5, 0.6) is 0 Å². The van der Waals surface area contributed by atoms with Gasteiger partial charge < -0.3 is 16.0 Å². The molecule has 1 amide bonds. The van der Waals surface area contributed by atoms with Gasteiger partial charge in [-0.3, -0.25) is 9.89 Å². The number of likely N-dealkylation sites (tertiary alicyclic amines) is 1. The summed E-state index contributed by atoms with van der Waals surface area (Å²) in [5.74, 6) is -0.152. The molecule has 0 saturated carbocycles. The van der Waals surface area contributed by atoms with Gasteiger partial charge in [-0.2, -0.15) is 5.10 Å². The molecule has 0 bridgehead atoms. The first-order valence-electron chi connectivity index (χ1n) is 6.98. The van der Waals surface area contributed by atoms with Gasteiger partial charge in [0.2, 0.25) is 0 Å². The lowest BCUT2D eigenvalue weighted by Gasteiger charge is -2.14. The maximum Gasteiger partial charge on any atom is 0.272 e. The maximum atomic E-state index is 12.2. The van der Waals surface area contributed by atoms with Crippen molar-refractivity contribution in [2.24, 2.45) is 0 Å². The first-order valence-corrected chi connectivity index (χ1v) is 6.98. The minimum absolute atomic E-state index is 0.152. The van der Waals surface area contributed by atoms with Gasteiger partial charge in [-0.15, -0.1) is 0 Å². The Kier molecular flexibility index (Phi) is 3.56. The molecule has 106 valence electrons. The average Bonchev–Trinajstić information content (AvgIpc) is 3.07. The van der Waals surface area contributed by atoms with Crippen molar-refractivity contribution in [3.63, 3.8) is 0 Å². The van der Waals surface area contributed by atoms with E-state index in [-0.39, 0.29) is 5.91 Å². The van der Waals surface area contributed by atoms with Crippen LogP contribution in [0.15, 0.2) is 18.2 Å². The summed E-state index contributed by atoms with van der Waals surface area (Å²) in [6.45, 7) is 3.82. The van der Waals surface area contributed by atoms with E-state index >= 15 is 0 Å². The Bertz CT molecular complexity index is 615. The number of anilines is 1. The monoisotopic (exact) mass is 273 g/mol. The number of H-pyrrole nitrogens is 1. The number of nitrogens with two attached hydrogens (primary N) is 1. The molecule has 1 aliphatic heterocycles. The number of rotatable bonds is 4. The molecule has 1 aromatic heterocycles. The SMILES string of the molecule is Nc1ccc2[nH]nc(C(=O)NCCN3CCCC3)c2c1. The maximum absolute atomic E-state index is 12.2. The zero-order chi connectivity index (χ0) is 13.9. The molecule has 20 heavy (non-hydrogen) atoms. The molecule has 3 rings (SSSR count). The molecular formula is C14H19N5O. The summed E-state index contributed by atoms with van der Waals surface area (Å²) in [7, 11) is 0. The first-order chi connectivity index (χ1) is 9.74. The second kappa shape index (κ2) is 5.50. The predicted molar refractivity (Wildman–Crippen MR) is 78.5 cm³/mol. The van der Waals surface area contributed by atoms with Gasteiger partial charge in [-0.1, -0.05) is 0 Å². The Hall–Kier alpha value is -2.08. The number of aromatic nitrogens is 2. The zero-order valence-corrected chi connectivity index (χ0v) is 11.4. The fraction of sp³-hybridized carbons (Fsp3) is 0.429. The Morgan fingerprint density at radius 2 is 2.20 bits per heavy atom. The van der Waals surface area contributed by atoms with Crippen LogP contribution in [0.25, 0.3) is 10.9 Å². The molecule has 2 aromatic rings. The molecule has 0 atom stereocenters. The quantitative estimate of drug-likeness (QED) is 0.724. The summed E-state index contributed by atoms with van der Waals surface area (Å²) < 4.78 is 0. The van der Waals surface area contributed by atoms with E-state index in [1.54, 1.807) is 12.1 Å². The van der Waals surface area contributed by atoms with E-state index in [1.807, 2.05) is 6.07 Å². The first kappa shape index (κ1) is 12.9. The highest BCUT2D eigenvalue weighted by Crippen LogP contribution is 2.18. The van der Waals surface area contributed by atoms with Crippen LogP contribution in [0.1, 0.15) is 23.3 Å². The summed E-state index contributed by atoms with van der Waals surface area (Å²) in [5, 5.41) is 10.6. The van der Waals surface area contributed by atoms with Crippen molar-refractivity contribution in [2.45, 2.75) is 12.8 Å². The molecule has 1 saturated heterocycles. The van der Waals surface area contributed by atoms with Gasteiger partial charge in [0.25, 0.3) is 5.91 Å². The van der Waals surface area contributed by atoms with E-state index in [2.05, 4.69) is 20.4 Å². The average molecular weight is 273 g/mol. The van der Waals surface area contributed by atoms with Crippen molar-refractivity contribution in [1.29, 1.82) is 0 Å². The largest absolute Gasteiger partial charge is 0.399 e. The number of benzene rings is 1. The van der Waals surface area contributed by atoms with E-state index in [1.165, 1.54) is 12.8 Å². The lowest BCUT2D eigenvalue weighted by molar-refractivity contribution is 0.0946. The Labute approximate surface area is 117 Å². The van der Waals surface area contributed by atoms with Gasteiger partial charge in [0.1, 0.15) is 0 Å². The summed E-state index contributed by atoms with van der Waals surface area (Å²) in [6, 6.07) is 5.39. The van der Waals surface area contributed by atoms with Crippen LogP contribution in [0.3, 0.4) is 0 Å². The number of amides is 1. The van der Waals surface area contributed by atoms with Gasteiger partial charge in [0.15, 0.2) is 5.69 Å². The Morgan fingerprint density at radius 1 is 1.40 bits per heavy atom. The third kappa shape index (κ3) is 2.60. The second-order valence-corrected chi connectivity index (χ2v) is 5.18. The Balaban J connectivity index is 1.64. The standard InChI is InChI=1S/C14H19N5O/c15-10-3-4-12-11(9-10)13(18-17-12)14(20)16-5-8-19-6-1-2-7-19/h3-4,9H,1-2,5-8,15H2,(H,16,20)(H,17,18). The summed E-state index contributed by atoms with van der Waals surface area (Å²) in [5.41, 5.74) is 7.62. The normalized spacial score (nSPS) is 15.8. The molecule has 0 unspecified atom stereocenters. The fourth-order valence-corrected chi connectivity index (χ4v) is 2.62. The fourth-order valence-electron chi connectivity index (χ4n) is 2.62. The highest BCUT2D eigenvalue weighted by atomic mass is 16.1. The zero-order valence-electron chi connectivity index (χ0n) is 11.4. The number of hydrogen-bond donors (Lipinski definition) is 3. The summed E-state index contributed by atoms with van der Waals surface area (Å²) in [6.07, 6.45) is 2.52. The number of aromatic amines is 1. The van der Waals surface area contributed by atoms with Crippen molar-refractivity contribution in [3.8, 4) is 0 Å². The number of carbonyl (C=O) groups is 1. The molecule has 6 heteroatoms. The van der Waals surface area contributed by atoms with Crippen LogP contribution in [-0.4, -0.2) is 47.2 Å². The van der Waals surface area contributed by atoms with Gasteiger partial charge >= 0.3 is 0 Å².